The van der Waals surface area contributed by atoms with Gasteiger partial charge in [-0.25, -0.2) is 13.1 Å². The van der Waals surface area contributed by atoms with Crippen LogP contribution in [0.25, 0.3) is 0 Å². The van der Waals surface area contributed by atoms with Gasteiger partial charge in [-0.1, -0.05) is 93.8 Å². The van der Waals surface area contributed by atoms with E-state index < -0.39 is 20.9 Å². The number of carbonyl (C=O) groups excluding carboxylic acids is 1. The van der Waals surface area contributed by atoms with Crippen LogP contribution in [0.2, 0.25) is 0 Å². The monoisotopic (exact) mass is 471 g/mol. The highest BCUT2D eigenvalue weighted by atomic mass is 79.9. The number of ketones is 1. The lowest BCUT2D eigenvalue weighted by Crippen LogP contribution is -2.37. The Morgan fingerprint density at radius 2 is 1.52 bits per heavy atom. The topological polar surface area (TPSA) is 63.2 Å². The van der Waals surface area contributed by atoms with Gasteiger partial charge in [0.15, 0.2) is 5.78 Å². The number of benzene rings is 3. The summed E-state index contributed by atoms with van der Waals surface area (Å²) in [6.45, 7) is 3.82. The highest BCUT2D eigenvalue weighted by Gasteiger charge is 2.32. The summed E-state index contributed by atoms with van der Waals surface area (Å²) in [7, 11) is -3.83. The number of hydrogen-bond donors (Lipinski definition) is 1. The number of carbonyl (C=O) groups is 1. The average molecular weight is 472 g/mol. The molecule has 0 aromatic heterocycles. The van der Waals surface area contributed by atoms with Crippen molar-refractivity contribution >= 4 is 31.7 Å². The second kappa shape index (κ2) is 9.03. The van der Waals surface area contributed by atoms with Gasteiger partial charge in [0.05, 0.1) is 15.8 Å². The number of Topliss-reactive ketones (excluding diaryl/α,β-unsaturated/α-hetero) is 1. The molecule has 0 aliphatic rings. The molecule has 0 saturated heterocycles. The van der Waals surface area contributed by atoms with E-state index in [4.69, 9.17) is 0 Å². The van der Waals surface area contributed by atoms with Crippen LogP contribution in [-0.2, 0) is 10.0 Å². The molecule has 0 radical (unpaired) electrons. The van der Waals surface area contributed by atoms with Gasteiger partial charge in [-0.3, -0.25) is 4.79 Å². The van der Waals surface area contributed by atoms with Gasteiger partial charge in [0, 0.05) is 5.56 Å². The van der Waals surface area contributed by atoms with Crippen LogP contribution >= 0.6 is 15.9 Å². The molecule has 3 aromatic carbocycles. The zero-order chi connectivity index (χ0) is 21.0. The van der Waals surface area contributed by atoms with Crippen molar-refractivity contribution in [3.63, 3.8) is 0 Å². The molecule has 0 amide bonds. The van der Waals surface area contributed by atoms with E-state index in [2.05, 4.69) is 20.7 Å². The summed E-state index contributed by atoms with van der Waals surface area (Å²) in [6, 6.07) is 22.2. The van der Waals surface area contributed by atoms with E-state index in [0.717, 1.165) is 11.1 Å². The molecule has 0 bridgehead atoms. The van der Waals surface area contributed by atoms with E-state index in [9.17, 15) is 13.2 Å². The maximum atomic E-state index is 13.0. The standard InChI is InChI=1S/C23H22BrNO3S/c1-16-11-13-20(14-12-16)29(27,28)25-22(19-10-6-7-17(2)15-19)21(24)23(26)18-8-4-3-5-9-18/h3-15,21-22,25H,1-2H3/t21-,22-/m1/s1. The van der Waals surface area contributed by atoms with Gasteiger partial charge in [0.2, 0.25) is 10.0 Å². The van der Waals surface area contributed by atoms with Gasteiger partial charge < -0.3 is 0 Å². The van der Waals surface area contributed by atoms with Crippen molar-refractivity contribution in [1.29, 1.82) is 0 Å². The lowest BCUT2D eigenvalue weighted by atomic mass is 9.97. The van der Waals surface area contributed by atoms with E-state index in [1.54, 1.807) is 48.5 Å². The first-order chi connectivity index (χ1) is 13.8. The van der Waals surface area contributed by atoms with Crippen molar-refractivity contribution in [3.8, 4) is 0 Å². The molecule has 3 aromatic rings. The summed E-state index contributed by atoms with van der Waals surface area (Å²) in [5.41, 5.74) is 3.18. The Morgan fingerprint density at radius 3 is 2.14 bits per heavy atom. The van der Waals surface area contributed by atoms with Crippen LogP contribution in [0.4, 0.5) is 0 Å². The molecule has 1 N–H and O–H groups in total. The Bertz CT molecular complexity index is 1100. The Morgan fingerprint density at radius 1 is 0.862 bits per heavy atom. The minimum atomic E-state index is -3.83. The summed E-state index contributed by atoms with van der Waals surface area (Å²) in [5.74, 6) is -0.191. The first-order valence-electron chi connectivity index (χ1n) is 9.17. The highest BCUT2D eigenvalue weighted by molar-refractivity contribution is 9.10. The van der Waals surface area contributed by atoms with Crippen LogP contribution < -0.4 is 4.72 Å². The van der Waals surface area contributed by atoms with E-state index >= 15 is 0 Å². The molecule has 3 rings (SSSR count). The molecule has 0 unspecified atom stereocenters. The molecular formula is C23H22BrNO3S. The van der Waals surface area contributed by atoms with E-state index in [0.29, 0.717) is 11.1 Å². The number of hydrogen-bond acceptors (Lipinski definition) is 3. The third-order valence-electron chi connectivity index (χ3n) is 4.62. The predicted octanol–water partition coefficient (Wildman–Crippen LogP) is 4.97. The number of nitrogens with one attached hydrogen (secondary N) is 1. The van der Waals surface area contributed by atoms with Gasteiger partial charge in [-0.15, -0.1) is 0 Å². The normalized spacial score (nSPS) is 13.6. The van der Waals surface area contributed by atoms with Crippen LogP contribution in [0, 0.1) is 13.8 Å². The van der Waals surface area contributed by atoms with Crippen molar-refractivity contribution in [2.24, 2.45) is 0 Å². The molecule has 0 fully saturated rings. The van der Waals surface area contributed by atoms with Crippen LogP contribution in [0.15, 0.2) is 83.8 Å². The zero-order valence-corrected chi connectivity index (χ0v) is 18.6. The second-order valence-corrected chi connectivity index (χ2v) is 9.66. The van der Waals surface area contributed by atoms with Crippen molar-refractivity contribution in [2.45, 2.75) is 29.6 Å². The molecule has 0 aliphatic carbocycles. The van der Waals surface area contributed by atoms with E-state index in [-0.39, 0.29) is 10.7 Å². The molecule has 0 saturated carbocycles. The third kappa shape index (κ3) is 5.21. The summed E-state index contributed by atoms with van der Waals surface area (Å²) >= 11 is 3.47. The minimum Gasteiger partial charge on any atom is -0.293 e. The summed E-state index contributed by atoms with van der Waals surface area (Å²) in [4.78, 5) is 12.4. The fraction of sp³-hybridized carbons (Fsp3) is 0.174. The maximum Gasteiger partial charge on any atom is 0.241 e. The molecule has 2 atom stereocenters. The largest absolute Gasteiger partial charge is 0.293 e. The fourth-order valence-electron chi connectivity index (χ4n) is 3.03. The number of alkyl halides is 1. The molecular weight excluding hydrogens is 450 g/mol. The van der Waals surface area contributed by atoms with Gasteiger partial charge >= 0.3 is 0 Å². The highest BCUT2D eigenvalue weighted by Crippen LogP contribution is 2.28. The number of halogens is 1. The number of rotatable bonds is 7. The van der Waals surface area contributed by atoms with Crippen LogP contribution in [0.3, 0.4) is 0 Å². The first kappa shape index (κ1) is 21.4. The lowest BCUT2D eigenvalue weighted by Gasteiger charge is -2.24. The van der Waals surface area contributed by atoms with Crippen molar-refractivity contribution in [3.05, 3.63) is 101 Å². The summed E-state index contributed by atoms with van der Waals surface area (Å²) in [6.07, 6.45) is 0. The molecule has 6 heteroatoms. The van der Waals surface area contributed by atoms with Crippen LogP contribution in [0.5, 0.6) is 0 Å². The number of aryl methyl sites for hydroxylation is 2. The molecule has 0 heterocycles. The SMILES string of the molecule is Cc1ccc(S(=O)(=O)N[C@H](c2cccc(C)c2)[C@@H](Br)C(=O)c2ccccc2)cc1. The minimum absolute atomic E-state index is 0.160. The van der Waals surface area contributed by atoms with Crippen LogP contribution in [0.1, 0.15) is 33.1 Å². The van der Waals surface area contributed by atoms with Gasteiger partial charge in [-0.05, 0) is 31.5 Å². The Balaban J connectivity index is 1.99. The Kier molecular flexibility index (Phi) is 6.67. The van der Waals surface area contributed by atoms with E-state index in [1.807, 2.05) is 44.2 Å². The Hall–Kier alpha value is -2.28. The van der Waals surface area contributed by atoms with Gasteiger partial charge in [-0.2, -0.15) is 0 Å². The molecule has 0 aliphatic heterocycles. The molecule has 150 valence electrons. The molecule has 4 nitrogen and oxygen atoms in total. The van der Waals surface area contributed by atoms with E-state index in [1.165, 1.54) is 0 Å². The van der Waals surface area contributed by atoms with Crippen molar-refractivity contribution < 1.29 is 13.2 Å². The fourth-order valence-corrected chi connectivity index (χ4v) is 5.14. The zero-order valence-electron chi connectivity index (χ0n) is 16.2. The maximum absolute atomic E-state index is 13.0. The third-order valence-corrected chi connectivity index (χ3v) is 7.02. The average Bonchev–Trinajstić information content (AvgIpc) is 2.72. The van der Waals surface area contributed by atoms with Gasteiger partial charge in [0.25, 0.3) is 0 Å². The van der Waals surface area contributed by atoms with Crippen molar-refractivity contribution in [1.82, 2.24) is 4.72 Å². The summed E-state index contributed by atoms with van der Waals surface area (Å²) in [5, 5.41) is 0. The van der Waals surface area contributed by atoms with Gasteiger partial charge in [0.1, 0.15) is 0 Å². The molecule has 29 heavy (non-hydrogen) atoms. The predicted molar refractivity (Wildman–Crippen MR) is 119 cm³/mol. The van der Waals surface area contributed by atoms with Crippen molar-refractivity contribution in [2.75, 3.05) is 0 Å². The quantitative estimate of drug-likeness (QED) is 0.390. The van der Waals surface area contributed by atoms with Crippen LogP contribution in [-0.4, -0.2) is 19.0 Å². The number of sulfonamides is 1. The first-order valence-corrected chi connectivity index (χ1v) is 11.6. The molecule has 0 spiro atoms. The lowest BCUT2D eigenvalue weighted by molar-refractivity contribution is 0.0982. The second-order valence-electron chi connectivity index (χ2n) is 6.96. The smallest absolute Gasteiger partial charge is 0.241 e. The summed E-state index contributed by atoms with van der Waals surface area (Å²) < 4.78 is 28.8. The Labute approximate surface area is 180 Å².